The van der Waals surface area contributed by atoms with Gasteiger partial charge in [0.25, 0.3) is 0 Å². The molecule has 0 saturated carbocycles. The van der Waals surface area contributed by atoms with E-state index in [4.69, 9.17) is 0 Å². The molecule has 0 spiro atoms. The summed E-state index contributed by atoms with van der Waals surface area (Å²) in [7, 11) is 0. The normalized spacial score (nSPS) is 10.7. The first-order valence-corrected chi connectivity index (χ1v) is 10.3. The lowest BCUT2D eigenvalue weighted by molar-refractivity contribution is 1.37. The maximum Gasteiger partial charge on any atom is 0.0970 e. The minimum atomic E-state index is 0.946. The molecular formula is C29H24N2. The molecule has 2 heteroatoms. The molecule has 0 bridgehead atoms. The zero-order chi connectivity index (χ0) is 21.5. The Kier molecular flexibility index (Phi) is 6.29. The number of hydrogen-bond donors (Lipinski definition) is 0. The summed E-state index contributed by atoms with van der Waals surface area (Å²) >= 11 is 0. The number of nitrogens with zero attached hydrogens (tertiary/aromatic N) is 2. The zero-order valence-electron chi connectivity index (χ0n) is 17.6. The van der Waals surface area contributed by atoms with Gasteiger partial charge in [0.15, 0.2) is 0 Å². The molecule has 31 heavy (non-hydrogen) atoms. The molecule has 2 nitrogen and oxygen atoms in total. The lowest BCUT2D eigenvalue weighted by atomic mass is 9.97. The largest absolute Gasteiger partial charge is 0.254 e. The Morgan fingerprint density at radius 3 is 1.42 bits per heavy atom. The topological polar surface area (TPSA) is 25.8 Å². The molecule has 2 aromatic heterocycles. The third-order valence-corrected chi connectivity index (χ3v) is 5.12. The first-order valence-electron chi connectivity index (χ1n) is 10.3. The van der Waals surface area contributed by atoms with Gasteiger partial charge in [-0.15, -0.1) is 0 Å². The van der Waals surface area contributed by atoms with Crippen molar-refractivity contribution in [1.82, 2.24) is 9.97 Å². The Hall–Kier alpha value is -4.04. The van der Waals surface area contributed by atoms with E-state index in [9.17, 15) is 0 Å². The van der Waals surface area contributed by atoms with Gasteiger partial charge < -0.3 is 0 Å². The highest BCUT2D eigenvalue weighted by atomic mass is 14.7. The van der Waals surface area contributed by atoms with Gasteiger partial charge in [-0.1, -0.05) is 97.6 Å². The summed E-state index contributed by atoms with van der Waals surface area (Å²) in [5.41, 5.74) is 6.65. The summed E-state index contributed by atoms with van der Waals surface area (Å²) in [6, 6.07) is 29.3. The number of hydrogen-bond acceptors (Lipinski definition) is 2. The van der Waals surface area contributed by atoms with Crippen LogP contribution in [0.4, 0.5) is 0 Å². The van der Waals surface area contributed by atoms with E-state index < -0.39 is 0 Å². The van der Waals surface area contributed by atoms with Crippen molar-refractivity contribution in [2.75, 3.05) is 0 Å². The average molecular weight is 401 g/mol. The Bertz CT molecular complexity index is 1240. The van der Waals surface area contributed by atoms with Crippen LogP contribution in [0.15, 0.2) is 122 Å². The Balaban J connectivity index is 0.000000418. The van der Waals surface area contributed by atoms with Crippen LogP contribution in [-0.2, 0) is 0 Å². The second-order valence-corrected chi connectivity index (χ2v) is 7.07. The SMILES string of the molecule is C=C/C=C\C.c1ccc(-c2ccnc3c2ccc2c(-c4ccccc4)ccnc23)cc1. The summed E-state index contributed by atoms with van der Waals surface area (Å²) in [6.45, 7) is 5.42. The van der Waals surface area contributed by atoms with E-state index in [0.29, 0.717) is 0 Å². The van der Waals surface area contributed by atoms with E-state index in [2.05, 4.69) is 89.3 Å². The predicted octanol–water partition coefficient (Wildman–Crippen LogP) is 7.87. The standard InChI is InChI=1S/C24H16N2.C5H8/c1-3-7-17(8-4-1)19-13-15-25-23-21(19)11-12-22-20(14-16-26-24(22)23)18-9-5-2-6-10-18;1-3-5-4-2/h1-16H;3-5H,1H2,2H3/b;5-4-. The number of pyridine rings is 2. The summed E-state index contributed by atoms with van der Waals surface area (Å²) in [5.74, 6) is 0. The van der Waals surface area contributed by atoms with Gasteiger partial charge in [0.2, 0.25) is 0 Å². The van der Waals surface area contributed by atoms with Gasteiger partial charge in [-0.3, -0.25) is 9.97 Å². The zero-order valence-corrected chi connectivity index (χ0v) is 17.6. The van der Waals surface area contributed by atoms with Crippen LogP contribution in [0.2, 0.25) is 0 Å². The number of benzene rings is 3. The Labute approximate surface area is 183 Å². The smallest absolute Gasteiger partial charge is 0.0970 e. The quantitative estimate of drug-likeness (QED) is 0.227. The molecule has 5 aromatic rings. The van der Waals surface area contributed by atoms with Crippen LogP contribution in [0, 0.1) is 0 Å². The van der Waals surface area contributed by atoms with E-state index >= 15 is 0 Å². The highest BCUT2D eigenvalue weighted by molar-refractivity contribution is 6.11. The molecule has 3 aromatic carbocycles. The van der Waals surface area contributed by atoms with Crippen LogP contribution in [0.5, 0.6) is 0 Å². The fraction of sp³-hybridized carbons (Fsp3) is 0.0345. The molecule has 0 N–H and O–H groups in total. The molecule has 0 unspecified atom stereocenters. The van der Waals surface area contributed by atoms with E-state index in [1.807, 2.05) is 43.6 Å². The fourth-order valence-corrected chi connectivity index (χ4v) is 3.70. The minimum absolute atomic E-state index is 0.946. The van der Waals surface area contributed by atoms with Gasteiger partial charge in [0.1, 0.15) is 0 Å². The van der Waals surface area contributed by atoms with E-state index in [-0.39, 0.29) is 0 Å². The van der Waals surface area contributed by atoms with Crippen LogP contribution in [0.25, 0.3) is 44.1 Å². The van der Waals surface area contributed by atoms with Crippen LogP contribution in [0.1, 0.15) is 6.92 Å². The van der Waals surface area contributed by atoms with Crippen molar-refractivity contribution in [3.8, 4) is 22.3 Å². The van der Waals surface area contributed by atoms with Crippen molar-refractivity contribution in [1.29, 1.82) is 0 Å². The summed E-state index contributed by atoms with van der Waals surface area (Å²) < 4.78 is 0. The van der Waals surface area contributed by atoms with Crippen LogP contribution < -0.4 is 0 Å². The van der Waals surface area contributed by atoms with E-state index in [1.165, 1.54) is 22.3 Å². The van der Waals surface area contributed by atoms with Crippen molar-refractivity contribution < 1.29 is 0 Å². The monoisotopic (exact) mass is 400 g/mol. The number of aromatic nitrogens is 2. The van der Waals surface area contributed by atoms with Crippen molar-refractivity contribution in [2.45, 2.75) is 6.92 Å². The number of rotatable bonds is 3. The summed E-state index contributed by atoms with van der Waals surface area (Å²) in [4.78, 5) is 9.34. The highest BCUT2D eigenvalue weighted by Crippen LogP contribution is 2.34. The fourth-order valence-electron chi connectivity index (χ4n) is 3.70. The molecule has 0 aliphatic carbocycles. The molecule has 0 aliphatic heterocycles. The first-order chi connectivity index (χ1) is 15.3. The molecule has 150 valence electrons. The maximum atomic E-state index is 4.67. The highest BCUT2D eigenvalue weighted by Gasteiger charge is 2.11. The molecule has 0 aliphatic rings. The molecular weight excluding hydrogens is 376 g/mol. The van der Waals surface area contributed by atoms with Crippen molar-refractivity contribution >= 4 is 21.8 Å². The van der Waals surface area contributed by atoms with E-state index in [1.54, 1.807) is 6.08 Å². The number of fused-ring (bicyclic) bond motifs is 3. The van der Waals surface area contributed by atoms with Gasteiger partial charge in [-0.05, 0) is 41.3 Å². The molecule has 0 atom stereocenters. The maximum absolute atomic E-state index is 4.67. The number of allylic oxidation sites excluding steroid dienone is 3. The lowest BCUT2D eigenvalue weighted by Crippen LogP contribution is -1.90. The molecule has 0 radical (unpaired) electrons. The van der Waals surface area contributed by atoms with E-state index in [0.717, 1.165) is 21.8 Å². The second kappa shape index (κ2) is 9.64. The first kappa shape index (κ1) is 20.2. The summed E-state index contributed by atoms with van der Waals surface area (Å²) in [6.07, 6.45) is 9.33. The molecule has 5 rings (SSSR count). The minimum Gasteiger partial charge on any atom is -0.254 e. The van der Waals surface area contributed by atoms with Gasteiger partial charge >= 0.3 is 0 Å². The summed E-state index contributed by atoms with van der Waals surface area (Å²) in [5, 5.41) is 2.26. The molecule has 0 amide bonds. The van der Waals surface area contributed by atoms with Crippen molar-refractivity contribution in [2.24, 2.45) is 0 Å². The second-order valence-electron chi connectivity index (χ2n) is 7.07. The predicted molar refractivity (Wildman–Crippen MR) is 133 cm³/mol. The average Bonchev–Trinajstić information content (AvgIpc) is 2.85. The van der Waals surface area contributed by atoms with Gasteiger partial charge in [0.05, 0.1) is 11.0 Å². The van der Waals surface area contributed by atoms with Gasteiger partial charge in [-0.2, -0.15) is 0 Å². The molecule has 2 heterocycles. The van der Waals surface area contributed by atoms with Crippen molar-refractivity contribution in [3.05, 3.63) is 122 Å². The van der Waals surface area contributed by atoms with Crippen LogP contribution in [-0.4, -0.2) is 9.97 Å². The third kappa shape index (κ3) is 4.29. The lowest BCUT2D eigenvalue weighted by Gasteiger charge is -2.11. The Morgan fingerprint density at radius 2 is 1.06 bits per heavy atom. The van der Waals surface area contributed by atoms with Crippen molar-refractivity contribution in [3.63, 3.8) is 0 Å². The van der Waals surface area contributed by atoms with Crippen LogP contribution >= 0.6 is 0 Å². The van der Waals surface area contributed by atoms with Gasteiger partial charge in [-0.25, -0.2) is 0 Å². The molecule has 0 fully saturated rings. The Morgan fingerprint density at radius 1 is 0.613 bits per heavy atom. The molecule has 0 saturated heterocycles. The third-order valence-electron chi connectivity index (χ3n) is 5.12. The van der Waals surface area contributed by atoms with Gasteiger partial charge in [0, 0.05) is 23.2 Å². The van der Waals surface area contributed by atoms with Crippen LogP contribution in [0.3, 0.4) is 0 Å².